The maximum atomic E-state index is 12.1. The SMILES string of the molecule is Cc1ccc([C@H](C)NC(=O)NC2CCCCC2)c(C)c1. The Labute approximate surface area is 122 Å². The molecular formula is C17H26N2O. The fraction of sp³-hybridized carbons (Fsp3) is 0.588. The van der Waals surface area contributed by atoms with E-state index in [0.29, 0.717) is 6.04 Å². The number of carbonyl (C=O) groups excluding carboxylic acids is 1. The van der Waals surface area contributed by atoms with Gasteiger partial charge in [-0.1, -0.05) is 43.0 Å². The fourth-order valence-electron chi connectivity index (χ4n) is 3.06. The molecule has 1 aromatic rings. The van der Waals surface area contributed by atoms with Gasteiger partial charge in [-0.25, -0.2) is 4.79 Å². The Kier molecular flexibility index (Phi) is 5.05. The largest absolute Gasteiger partial charge is 0.335 e. The van der Waals surface area contributed by atoms with Gasteiger partial charge in [0.1, 0.15) is 0 Å². The Morgan fingerprint density at radius 2 is 1.90 bits per heavy atom. The highest BCUT2D eigenvalue weighted by molar-refractivity contribution is 5.74. The summed E-state index contributed by atoms with van der Waals surface area (Å²) in [6.45, 7) is 6.22. The van der Waals surface area contributed by atoms with Gasteiger partial charge in [0.05, 0.1) is 6.04 Å². The lowest BCUT2D eigenvalue weighted by Crippen LogP contribution is -2.43. The Morgan fingerprint density at radius 3 is 2.55 bits per heavy atom. The van der Waals surface area contributed by atoms with Gasteiger partial charge >= 0.3 is 6.03 Å². The van der Waals surface area contributed by atoms with Crippen molar-refractivity contribution in [2.24, 2.45) is 0 Å². The van der Waals surface area contributed by atoms with Crippen molar-refractivity contribution in [3.63, 3.8) is 0 Å². The highest BCUT2D eigenvalue weighted by Gasteiger charge is 2.17. The summed E-state index contributed by atoms with van der Waals surface area (Å²) >= 11 is 0. The lowest BCUT2D eigenvalue weighted by Gasteiger charge is -2.24. The molecule has 1 aliphatic carbocycles. The average molecular weight is 274 g/mol. The molecule has 2 N–H and O–H groups in total. The number of aryl methyl sites for hydroxylation is 2. The number of hydrogen-bond donors (Lipinski definition) is 2. The van der Waals surface area contributed by atoms with Crippen molar-refractivity contribution in [2.75, 3.05) is 0 Å². The van der Waals surface area contributed by atoms with Crippen molar-refractivity contribution in [1.82, 2.24) is 10.6 Å². The van der Waals surface area contributed by atoms with Crippen LogP contribution >= 0.6 is 0 Å². The third kappa shape index (κ3) is 3.99. The molecule has 0 bridgehead atoms. The minimum absolute atomic E-state index is 0.0376. The van der Waals surface area contributed by atoms with Crippen LogP contribution in [0.4, 0.5) is 4.79 Å². The lowest BCUT2D eigenvalue weighted by molar-refractivity contribution is 0.229. The van der Waals surface area contributed by atoms with E-state index >= 15 is 0 Å². The number of urea groups is 1. The third-order valence-electron chi connectivity index (χ3n) is 4.18. The molecule has 1 aliphatic rings. The lowest BCUT2D eigenvalue weighted by atomic mass is 9.96. The third-order valence-corrected chi connectivity index (χ3v) is 4.18. The normalized spacial score (nSPS) is 17.6. The molecule has 0 heterocycles. The summed E-state index contributed by atoms with van der Waals surface area (Å²) < 4.78 is 0. The molecule has 0 saturated heterocycles. The topological polar surface area (TPSA) is 41.1 Å². The Bertz CT molecular complexity index is 464. The number of amides is 2. The van der Waals surface area contributed by atoms with Crippen LogP contribution in [0, 0.1) is 13.8 Å². The van der Waals surface area contributed by atoms with Crippen LogP contribution in [0.25, 0.3) is 0 Å². The molecule has 1 saturated carbocycles. The van der Waals surface area contributed by atoms with E-state index in [9.17, 15) is 4.79 Å². The average Bonchev–Trinajstić information content (AvgIpc) is 2.39. The molecule has 0 aromatic heterocycles. The van der Waals surface area contributed by atoms with Gasteiger partial charge in [-0.15, -0.1) is 0 Å². The van der Waals surface area contributed by atoms with Gasteiger partial charge < -0.3 is 10.6 Å². The minimum atomic E-state index is -0.0376. The maximum absolute atomic E-state index is 12.1. The second kappa shape index (κ2) is 6.78. The number of rotatable bonds is 3. The Balaban J connectivity index is 1.89. The van der Waals surface area contributed by atoms with Crippen LogP contribution in [0.3, 0.4) is 0 Å². The summed E-state index contributed by atoms with van der Waals surface area (Å²) in [5, 5.41) is 6.15. The maximum Gasteiger partial charge on any atom is 0.315 e. The van der Waals surface area contributed by atoms with E-state index in [1.807, 2.05) is 6.92 Å². The zero-order valence-corrected chi connectivity index (χ0v) is 12.8. The summed E-state index contributed by atoms with van der Waals surface area (Å²) in [5.74, 6) is 0. The number of carbonyl (C=O) groups is 1. The monoisotopic (exact) mass is 274 g/mol. The van der Waals surface area contributed by atoms with E-state index < -0.39 is 0 Å². The smallest absolute Gasteiger partial charge is 0.315 e. The molecule has 0 radical (unpaired) electrons. The zero-order valence-electron chi connectivity index (χ0n) is 12.8. The van der Waals surface area contributed by atoms with Crippen LogP contribution < -0.4 is 10.6 Å². The summed E-state index contributed by atoms with van der Waals surface area (Å²) in [6, 6.07) is 6.72. The zero-order chi connectivity index (χ0) is 14.5. The summed E-state index contributed by atoms with van der Waals surface area (Å²) in [5.41, 5.74) is 3.68. The van der Waals surface area contributed by atoms with Gasteiger partial charge in [0.15, 0.2) is 0 Å². The van der Waals surface area contributed by atoms with Gasteiger partial charge in [0, 0.05) is 6.04 Å². The van der Waals surface area contributed by atoms with E-state index in [1.165, 1.54) is 36.0 Å². The van der Waals surface area contributed by atoms with E-state index in [1.54, 1.807) is 0 Å². The second-order valence-corrected chi connectivity index (χ2v) is 6.03. The van der Waals surface area contributed by atoms with Gasteiger partial charge in [-0.3, -0.25) is 0 Å². The molecule has 3 heteroatoms. The number of nitrogens with one attached hydrogen (secondary N) is 2. The predicted octanol–water partition coefficient (Wildman–Crippen LogP) is 4.00. The molecule has 1 aromatic carbocycles. The first-order valence-electron chi connectivity index (χ1n) is 7.70. The van der Waals surface area contributed by atoms with Crippen molar-refractivity contribution in [1.29, 1.82) is 0 Å². The molecule has 2 amide bonds. The first-order valence-corrected chi connectivity index (χ1v) is 7.70. The summed E-state index contributed by atoms with van der Waals surface area (Å²) in [7, 11) is 0. The van der Waals surface area contributed by atoms with Crippen molar-refractivity contribution in [3.05, 3.63) is 34.9 Å². The van der Waals surface area contributed by atoms with Crippen molar-refractivity contribution >= 4 is 6.03 Å². The molecule has 1 fully saturated rings. The van der Waals surface area contributed by atoms with Gasteiger partial charge in [-0.2, -0.15) is 0 Å². The first-order chi connectivity index (χ1) is 9.56. The highest BCUT2D eigenvalue weighted by Crippen LogP contribution is 2.19. The standard InChI is InChI=1S/C17H26N2O/c1-12-9-10-16(13(2)11-12)14(3)18-17(20)19-15-7-5-4-6-8-15/h9-11,14-15H,4-8H2,1-3H3,(H2,18,19,20)/t14-/m0/s1. The molecular weight excluding hydrogens is 248 g/mol. The van der Waals surface area contributed by atoms with E-state index in [2.05, 4.69) is 42.7 Å². The molecule has 3 nitrogen and oxygen atoms in total. The van der Waals surface area contributed by atoms with Crippen molar-refractivity contribution < 1.29 is 4.79 Å². The quantitative estimate of drug-likeness (QED) is 0.859. The van der Waals surface area contributed by atoms with Crippen LogP contribution in [0.2, 0.25) is 0 Å². The first kappa shape index (κ1) is 14.9. The van der Waals surface area contributed by atoms with Gasteiger partial charge in [-0.05, 0) is 44.7 Å². The molecule has 2 rings (SSSR count). The van der Waals surface area contributed by atoms with Crippen LogP contribution in [0.15, 0.2) is 18.2 Å². The minimum Gasteiger partial charge on any atom is -0.335 e. The van der Waals surface area contributed by atoms with E-state index in [0.717, 1.165) is 12.8 Å². The van der Waals surface area contributed by atoms with Gasteiger partial charge in [0.2, 0.25) is 0 Å². The summed E-state index contributed by atoms with van der Waals surface area (Å²) in [6.07, 6.45) is 6.00. The van der Waals surface area contributed by atoms with E-state index in [4.69, 9.17) is 0 Å². The number of hydrogen-bond acceptors (Lipinski definition) is 1. The molecule has 0 aliphatic heterocycles. The number of benzene rings is 1. The van der Waals surface area contributed by atoms with Crippen LogP contribution in [0.1, 0.15) is 61.8 Å². The van der Waals surface area contributed by atoms with Crippen LogP contribution in [-0.4, -0.2) is 12.1 Å². The van der Waals surface area contributed by atoms with Crippen molar-refractivity contribution in [3.8, 4) is 0 Å². The van der Waals surface area contributed by atoms with Crippen LogP contribution in [-0.2, 0) is 0 Å². The summed E-state index contributed by atoms with van der Waals surface area (Å²) in [4.78, 5) is 12.1. The van der Waals surface area contributed by atoms with Crippen LogP contribution in [0.5, 0.6) is 0 Å². The molecule has 20 heavy (non-hydrogen) atoms. The Hall–Kier alpha value is -1.51. The highest BCUT2D eigenvalue weighted by atomic mass is 16.2. The Morgan fingerprint density at radius 1 is 1.20 bits per heavy atom. The fourth-order valence-corrected chi connectivity index (χ4v) is 3.06. The van der Waals surface area contributed by atoms with Crippen molar-refractivity contribution in [2.45, 2.75) is 65.0 Å². The van der Waals surface area contributed by atoms with E-state index in [-0.39, 0.29) is 12.1 Å². The molecule has 0 spiro atoms. The molecule has 1 atom stereocenters. The van der Waals surface area contributed by atoms with Gasteiger partial charge in [0.25, 0.3) is 0 Å². The second-order valence-electron chi connectivity index (χ2n) is 6.03. The molecule has 0 unspecified atom stereocenters. The molecule has 110 valence electrons. The predicted molar refractivity (Wildman–Crippen MR) is 82.9 cm³/mol.